The van der Waals surface area contributed by atoms with E-state index in [0.717, 1.165) is 17.0 Å². The molecule has 1 aromatic heterocycles. The van der Waals surface area contributed by atoms with Crippen molar-refractivity contribution in [2.75, 3.05) is 25.0 Å². The third-order valence-electron chi connectivity index (χ3n) is 4.93. The summed E-state index contributed by atoms with van der Waals surface area (Å²) in [7, 11) is 0. The molecule has 0 bridgehead atoms. The van der Waals surface area contributed by atoms with Gasteiger partial charge in [-0.1, -0.05) is 23.7 Å². The monoisotopic (exact) mass is 388 g/mol. The van der Waals surface area contributed by atoms with Crippen molar-refractivity contribution in [3.63, 3.8) is 0 Å². The lowest BCUT2D eigenvalue weighted by Crippen LogP contribution is -2.45. The number of aromatic nitrogens is 2. The molecule has 2 N–H and O–H groups in total. The molecule has 1 aliphatic rings. The number of amides is 1. The Kier molecular flexibility index (Phi) is 5.97. The summed E-state index contributed by atoms with van der Waals surface area (Å²) in [6.45, 7) is 5.40. The molecule has 0 saturated carbocycles. The van der Waals surface area contributed by atoms with Crippen LogP contribution in [0.25, 0.3) is 0 Å². The van der Waals surface area contributed by atoms with E-state index in [4.69, 9.17) is 11.6 Å². The minimum atomic E-state index is -0.896. The molecule has 1 aromatic carbocycles. The molecule has 1 amide bonds. The summed E-state index contributed by atoms with van der Waals surface area (Å²) in [5.41, 5.74) is 1.75. The zero-order chi connectivity index (χ0) is 19.4. The Morgan fingerprint density at radius 3 is 2.37 bits per heavy atom. The van der Waals surface area contributed by atoms with Gasteiger partial charge in [-0.3, -0.25) is 4.79 Å². The quantitative estimate of drug-likeness (QED) is 0.823. The van der Waals surface area contributed by atoms with Gasteiger partial charge in [-0.05, 0) is 50.5 Å². The Bertz CT molecular complexity index is 782. The van der Waals surface area contributed by atoms with Crippen LogP contribution in [0.1, 0.15) is 36.2 Å². The van der Waals surface area contributed by atoms with Gasteiger partial charge in [-0.25, -0.2) is 9.97 Å². The lowest BCUT2D eigenvalue weighted by Gasteiger charge is -2.38. The highest BCUT2D eigenvalue weighted by atomic mass is 35.5. The number of aryl methyl sites for hydroxylation is 2. The number of hydrogen-bond donors (Lipinski definition) is 2. The average molecular weight is 389 g/mol. The van der Waals surface area contributed by atoms with Crippen LogP contribution in [0.3, 0.4) is 0 Å². The third kappa shape index (κ3) is 4.96. The van der Waals surface area contributed by atoms with Crippen LogP contribution < -0.4 is 5.32 Å². The molecule has 6 nitrogen and oxygen atoms in total. The Hall–Kier alpha value is -2.18. The summed E-state index contributed by atoms with van der Waals surface area (Å²) < 4.78 is 0. The number of aliphatic hydroxyl groups is 1. The summed E-state index contributed by atoms with van der Waals surface area (Å²) >= 11 is 5.92. The Morgan fingerprint density at radius 2 is 1.78 bits per heavy atom. The van der Waals surface area contributed by atoms with E-state index in [9.17, 15) is 9.90 Å². The number of nitrogens with one attached hydrogen (secondary N) is 1. The Balaban J connectivity index is 1.49. The largest absolute Gasteiger partial charge is 0.385 e. The zero-order valence-corrected chi connectivity index (χ0v) is 16.5. The normalized spacial score (nSPS) is 16.2. The fraction of sp³-hybridized carbons (Fsp3) is 0.450. The molecule has 0 radical (unpaired) electrons. The molecular weight excluding hydrogens is 364 g/mol. The predicted molar refractivity (Wildman–Crippen MR) is 106 cm³/mol. The first-order valence-electron chi connectivity index (χ1n) is 9.18. The molecule has 2 aromatic rings. The molecule has 2 heterocycles. The fourth-order valence-electron chi connectivity index (χ4n) is 3.42. The summed E-state index contributed by atoms with van der Waals surface area (Å²) in [6, 6.07) is 9.19. The number of hydrogen-bond acceptors (Lipinski definition) is 5. The van der Waals surface area contributed by atoms with Gasteiger partial charge < -0.3 is 15.3 Å². The number of rotatable bonds is 5. The first-order valence-corrected chi connectivity index (χ1v) is 9.56. The second-order valence-corrected chi connectivity index (χ2v) is 7.51. The number of halogens is 1. The van der Waals surface area contributed by atoms with Crippen LogP contribution in [0.4, 0.5) is 5.95 Å². The van der Waals surface area contributed by atoms with E-state index < -0.39 is 5.60 Å². The molecule has 1 aliphatic heterocycles. The lowest BCUT2D eigenvalue weighted by atomic mass is 9.84. The zero-order valence-electron chi connectivity index (χ0n) is 15.7. The third-order valence-corrected chi connectivity index (χ3v) is 5.18. The lowest BCUT2D eigenvalue weighted by molar-refractivity contribution is -0.135. The van der Waals surface area contributed by atoms with E-state index in [2.05, 4.69) is 15.3 Å². The van der Waals surface area contributed by atoms with Crippen molar-refractivity contribution < 1.29 is 9.90 Å². The van der Waals surface area contributed by atoms with Crippen LogP contribution in [0, 0.1) is 13.8 Å². The van der Waals surface area contributed by atoms with Gasteiger partial charge in [0.15, 0.2) is 0 Å². The van der Waals surface area contributed by atoms with E-state index in [1.165, 1.54) is 0 Å². The number of carbonyl (C=O) groups excluding carboxylic acids is 1. The van der Waals surface area contributed by atoms with Crippen molar-refractivity contribution in [3.8, 4) is 0 Å². The highest BCUT2D eigenvalue weighted by Gasteiger charge is 2.35. The van der Waals surface area contributed by atoms with E-state index in [0.29, 0.717) is 49.9 Å². The number of likely N-dealkylation sites (tertiary alicyclic amines) is 1. The number of piperidine rings is 1. The van der Waals surface area contributed by atoms with Crippen LogP contribution in [0.5, 0.6) is 0 Å². The van der Waals surface area contributed by atoms with E-state index in [1.54, 1.807) is 12.1 Å². The summed E-state index contributed by atoms with van der Waals surface area (Å²) in [5.74, 6) is 0.626. The first-order chi connectivity index (χ1) is 12.9. The van der Waals surface area contributed by atoms with Crippen LogP contribution in [0.15, 0.2) is 30.3 Å². The van der Waals surface area contributed by atoms with Crippen molar-refractivity contribution in [1.29, 1.82) is 0 Å². The maximum absolute atomic E-state index is 12.5. The second-order valence-electron chi connectivity index (χ2n) is 7.07. The summed E-state index contributed by atoms with van der Waals surface area (Å²) in [5, 5.41) is 14.7. The topological polar surface area (TPSA) is 78.4 Å². The predicted octanol–water partition coefficient (Wildman–Crippen LogP) is 3.06. The van der Waals surface area contributed by atoms with Gasteiger partial charge >= 0.3 is 0 Å². The second kappa shape index (κ2) is 8.23. The number of nitrogens with zero attached hydrogens (tertiary/aromatic N) is 3. The molecule has 0 unspecified atom stereocenters. The maximum atomic E-state index is 12.5. The van der Waals surface area contributed by atoms with E-state index in [1.807, 2.05) is 36.9 Å². The van der Waals surface area contributed by atoms with Gasteiger partial charge in [0, 0.05) is 42.5 Å². The van der Waals surface area contributed by atoms with Crippen molar-refractivity contribution in [2.45, 2.75) is 38.7 Å². The molecule has 0 aliphatic carbocycles. The molecule has 7 heteroatoms. The molecule has 1 saturated heterocycles. The highest BCUT2D eigenvalue weighted by molar-refractivity contribution is 6.30. The minimum Gasteiger partial charge on any atom is -0.385 e. The molecule has 0 atom stereocenters. The number of carbonyl (C=O) groups is 1. The molecular formula is C20H25ClN4O2. The number of anilines is 1. The van der Waals surface area contributed by atoms with E-state index >= 15 is 0 Å². The van der Waals surface area contributed by atoms with Crippen molar-refractivity contribution in [2.24, 2.45) is 0 Å². The van der Waals surface area contributed by atoms with Crippen molar-refractivity contribution >= 4 is 23.5 Å². The smallest absolute Gasteiger partial charge is 0.224 e. The highest BCUT2D eigenvalue weighted by Crippen LogP contribution is 2.33. The van der Waals surface area contributed by atoms with Crippen molar-refractivity contribution in [1.82, 2.24) is 14.9 Å². The first kappa shape index (κ1) is 19.6. The average Bonchev–Trinajstić information content (AvgIpc) is 2.62. The summed E-state index contributed by atoms with van der Waals surface area (Å²) in [6.07, 6.45) is 1.41. The standard InChI is InChI=1S/C20H25ClN4O2/c1-14-13-15(2)24-19(23-14)22-10-7-18(26)25-11-8-20(27,9-12-25)16-3-5-17(21)6-4-16/h3-6,13,27H,7-12H2,1-2H3,(H,22,23,24). The molecule has 3 rings (SSSR count). The van der Waals surface area contributed by atoms with Gasteiger partial charge in [0.1, 0.15) is 0 Å². The van der Waals surface area contributed by atoms with Crippen LogP contribution in [-0.2, 0) is 10.4 Å². The Labute approximate surface area is 164 Å². The van der Waals surface area contributed by atoms with Gasteiger partial charge in [-0.15, -0.1) is 0 Å². The summed E-state index contributed by atoms with van der Waals surface area (Å²) in [4.78, 5) is 22.9. The molecule has 27 heavy (non-hydrogen) atoms. The van der Waals surface area contributed by atoms with Crippen LogP contribution >= 0.6 is 11.6 Å². The van der Waals surface area contributed by atoms with Gasteiger partial charge in [0.25, 0.3) is 0 Å². The Morgan fingerprint density at radius 1 is 1.19 bits per heavy atom. The molecule has 144 valence electrons. The van der Waals surface area contributed by atoms with Crippen LogP contribution in [0.2, 0.25) is 5.02 Å². The minimum absolute atomic E-state index is 0.0741. The molecule has 1 fully saturated rings. The van der Waals surface area contributed by atoms with Gasteiger partial charge in [-0.2, -0.15) is 0 Å². The van der Waals surface area contributed by atoms with E-state index in [-0.39, 0.29) is 5.91 Å². The number of benzene rings is 1. The van der Waals surface area contributed by atoms with Gasteiger partial charge in [0.2, 0.25) is 11.9 Å². The SMILES string of the molecule is Cc1cc(C)nc(NCCC(=O)N2CCC(O)(c3ccc(Cl)cc3)CC2)n1. The maximum Gasteiger partial charge on any atom is 0.224 e. The van der Waals surface area contributed by atoms with Gasteiger partial charge in [0.05, 0.1) is 5.60 Å². The fourth-order valence-corrected chi connectivity index (χ4v) is 3.55. The van der Waals surface area contributed by atoms with Crippen LogP contribution in [-0.4, -0.2) is 45.5 Å². The molecule has 0 spiro atoms. The van der Waals surface area contributed by atoms with Crippen molar-refractivity contribution in [3.05, 3.63) is 52.3 Å².